The lowest BCUT2D eigenvalue weighted by molar-refractivity contribution is -0.112. The number of azo groups is 1. The van der Waals surface area contributed by atoms with Gasteiger partial charge in [0, 0.05) is 11.1 Å². The summed E-state index contributed by atoms with van der Waals surface area (Å²) >= 11 is 1.30. The lowest BCUT2D eigenvalue weighted by Gasteiger charge is -2.25. The Bertz CT molecular complexity index is 1760. The van der Waals surface area contributed by atoms with Gasteiger partial charge in [-0.3, -0.25) is 14.6 Å². The Morgan fingerprint density at radius 1 is 0.791 bits per heavy atom. The highest BCUT2D eigenvalue weighted by atomic mass is 32.1. The molecule has 1 amide bonds. The molecule has 1 aliphatic heterocycles. The third-order valence-electron chi connectivity index (χ3n) is 7.06. The van der Waals surface area contributed by atoms with Crippen molar-refractivity contribution in [2.45, 2.75) is 13.8 Å². The van der Waals surface area contributed by atoms with E-state index < -0.39 is 0 Å². The molecule has 0 radical (unpaired) electrons. The molecule has 0 spiro atoms. The van der Waals surface area contributed by atoms with Crippen molar-refractivity contribution in [3.05, 3.63) is 115 Å². The molecule has 0 atom stereocenters. The zero-order valence-corrected chi connectivity index (χ0v) is 24.7. The maximum atomic E-state index is 13.6. The number of fused-ring (bicyclic) bond motifs is 1. The van der Waals surface area contributed by atoms with Crippen LogP contribution in [-0.2, 0) is 4.79 Å². The number of benzene rings is 4. The summed E-state index contributed by atoms with van der Waals surface area (Å²) in [6.07, 6.45) is 0. The topological polar surface area (TPSA) is 82.8 Å². The minimum atomic E-state index is -0.134. The van der Waals surface area contributed by atoms with E-state index in [1.54, 1.807) is 4.90 Å². The van der Waals surface area contributed by atoms with E-state index in [1.165, 1.54) is 11.3 Å². The largest absolute Gasteiger partial charge is 0.457 e. The first-order valence-electron chi connectivity index (χ1n) is 14.2. The maximum absolute atomic E-state index is 13.6. The van der Waals surface area contributed by atoms with Crippen LogP contribution < -0.4 is 9.64 Å². The van der Waals surface area contributed by atoms with Crippen molar-refractivity contribution in [2.24, 2.45) is 15.2 Å². The molecule has 43 heavy (non-hydrogen) atoms. The third-order valence-corrected chi connectivity index (χ3v) is 7.89. The van der Waals surface area contributed by atoms with Crippen LogP contribution in [0.1, 0.15) is 19.4 Å². The van der Waals surface area contributed by atoms with E-state index in [-0.39, 0.29) is 5.91 Å². The number of thiazole rings is 1. The minimum absolute atomic E-state index is 0.134. The molecule has 0 fully saturated rings. The number of nitrogens with zero attached hydrogens (tertiary/aromatic N) is 6. The second-order valence-electron chi connectivity index (χ2n) is 9.78. The number of carbonyl (C=O) groups excluding carboxylic acids is 1. The van der Waals surface area contributed by atoms with Crippen molar-refractivity contribution in [2.75, 3.05) is 24.7 Å². The lowest BCUT2D eigenvalue weighted by atomic mass is 10.1. The summed E-state index contributed by atoms with van der Waals surface area (Å²) in [6, 6.07) is 34.6. The first kappa shape index (κ1) is 28.1. The summed E-state index contributed by atoms with van der Waals surface area (Å²) in [5.41, 5.74) is 4.28. The van der Waals surface area contributed by atoms with Crippen molar-refractivity contribution < 1.29 is 9.53 Å². The molecule has 0 unspecified atom stereocenters. The van der Waals surface area contributed by atoms with Crippen LogP contribution in [-0.4, -0.2) is 41.3 Å². The van der Waals surface area contributed by atoms with Crippen LogP contribution in [0.15, 0.2) is 124 Å². The predicted octanol–water partition coefficient (Wildman–Crippen LogP) is 8.78. The van der Waals surface area contributed by atoms with Crippen LogP contribution in [0.2, 0.25) is 0 Å². The summed E-state index contributed by atoms with van der Waals surface area (Å²) in [5.74, 6) is 1.34. The number of anilines is 1. The van der Waals surface area contributed by atoms with Gasteiger partial charge in [-0.2, -0.15) is 0 Å². The molecule has 0 bridgehead atoms. The lowest BCUT2D eigenvalue weighted by Crippen LogP contribution is -2.41. The molecule has 2 heterocycles. The molecule has 214 valence electrons. The van der Waals surface area contributed by atoms with Gasteiger partial charge in [0.25, 0.3) is 5.91 Å². The molecule has 0 aliphatic carbocycles. The smallest absolute Gasteiger partial charge is 0.278 e. The van der Waals surface area contributed by atoms with Gasteiger partial charge in [0.2, 0.25) is 5.13 Å². The monoisotopic (exact) mass is 586 g/mol. The molecule has 9 heteroatoms. The summed E-state index contributed by atoms with van der Waals surface area (Å²) in [5, 5.41) is 10.1. The summed E-state index contributed by atoms with van der Waals surface area (Å²) in [7, 11) is 0. The number of carbonyl (C=O) groups is 1. The van der Waals surface area contributed by atoms with Gasteiger partial charge < -0.3 is 4.74 Å². The van der Waals surface area contributed by atoms with Gasteiger partial charge in [0.1, 0.15) is 22.9 Å². The molecular formula is C34H30N6O2S. The summed E-state index contributed by atoms with van der Waals surface area (Å²) < 4.78 is 5.89. The average Bonchev–Trinajstić information content (AvgIpc) is 3.58. The van der Waals surface area contributed by atoms with Crippen LogP contribution in [0.4, 0.5) is 21.5 Å². The van der Waals surface area contributed by atoms with Gasteiger partial charge in [-0.05, 0) is 55.6 Å². The van der Waals surface area contributed by atoms with Crippen LogP contribution in [0.25, 0.3) is 11.3 Å². The van der Waals surface area contributed by atoms with Gasteiger partial charge in [0.15, 0.2) is 5.00 Å². The van der Waals surface area contributed by atoms with Crippen molar-refractivity contribution in [1.82, 2.24) is 9.88 Å². The zero-order valence-electron chi connectivity index (χ0n) is 23.9. The fourth-order valence-electron chi connectivity index (χ4n) is 4.74. The van der Waals surface area contributed by atoms with Gasteiger partial charge in [-0.15, -0.1) is 10.2 Å². The Hall–Kier alpha value is -4.99. The zero-order chi connectivity index (χ0) is 29.6. The SMILES string of the molecule is CCN(CC)CN1C(=O)/C(=N/c2nc(-c3ccccc3)c(N=Nc3ccc(Oc4ccccc4)cc3)s2)c2ccccc21. The highest BCUT2D eigenvalue weighted by Gasteiger charge is 2.34. The normalized spacial score (nSPS) is 13.8. The van der Waals surface area contributed by atoms with E-state index in [2.05, 4.69) is 29.0 Å². The molecule has 1 aromatic heterocycles. The molecule has 1 aliphatic rings. The second kappa shape index (κ2) is 12.9. The first-order chi connectivity index (χ1) is 21.1. The highest BCUT2D eigenvalue weighted by Crippen LogP contribution is 2.41. The number of ether oxygens (including phenoxy) is 1. The van der Waals surface area contributed by atoms with Crippen LogP contribution >= 0.6 is 11.3 Å². The number of aliphatic imine (C=N–C) groups is 1. The van der Waals surface area contributed by atoms with Crippen LogP contribution in [0.5, 0.6) is 11.5 Å². The first-order valence-corrected chi connectivity index (χ1v) is 15.0. The fourth-order valence-corrected chi connectivity index (χ4v) is 5.53. The van der Waals surface area contributed by atoms with Crippen LogP contribution in [0.3, 0.4) is 0 Å². The van der Waals surface area contributed by atoms with E-state index >= 15 is 0 Å². The van der Waals surface area contributed by atoms with Crippen molar-refractivity contribution in [1.29, 1.82) is 0 Å². The quantitative estimate of drug-likeness (QED) is 0.153. The Morgan fingerprint density at radius 2 is 1.44 bits per heavy atom. The van der Waals surface area contributed by atoms with Gasteiger partial charge in [-0.25, -0.2) is 9.98 Å². The number of para-hydroxylation sites is 2. The van der Waals surface area contributed by atoms with Gasteiger partial charge in [0.05, 0.1) is 18.0 Å². The maximum Gasteiger partial charge on any atom is 0.278 e. The van der Waals surface area contributed by atoms with Crippen LogP contribution in [0, 0.1) is 0 Å². The fraction of sp³-hybridized carbons (Fsp3) is 0.147. The van der Waals surface area contributed by atoms with E-state index in [1.807, 2.05) is 109 Å². The van der Waals surface area contributed by atoms with E-state index in [9.17, 15) is 4.79 Å². The molecule has 0 saturated heterocycles. The molecule has 8 nitrogen and oxygen atoms in total. The Balaban J connectivity index is 1.31. The van der Waals surface area contributed by atoms with E-state index in [4.69, 9.17) is 14.7 Å². The summed E-state index contributed by atoms with van der Waals surface area (Å²) in [6.45, 7) is 6.38. The molecule has 4 aromatic carbocycles. The predicted molar refractivity (Wildman–Crippen MR) is 173 cm³/mol. The molecule has 0 N–H and O–H groups in total. The highest BCUT2D eigenvalue weighted by molar-refractivity contribution is 7.19. The number of amides is 1. The Morgan fingerprint density at radius 3 is 2.16 bits per heavy atom. The number of hydrogen-bond acceptors (Lipinski definition) is 8. The van der Waals surface area contributed by atoms with Crippen molar-refractivity contribution >= 4 is 44.5 Å². The van der Waals surface area contributed by atoms with E-state index in [0.717, 1.165) is 35.7 Å². The van der Waals surface area contributed by atoms with Gasteiger partial charge >= 0.3 is 0 Å². The molecule has 5 aromatic rings. The third kappa shape index (κ3) is 6.28. The number of hydrogen-bond donors (Lipinski definition) is 0. The molecule has 6 rings (SSSR count). The van der Waals surface area contributed by atoms with Gasteiger partial charge in [-0.1, -0.05) is 91.9 Å². The Labute approximate surface area is 254 Å². The second-order valence-corrected chi connectivity index (χ2v) is 10.7. The molecule has 0 saturated carbocycles. The standard InChI is InChI=1S/C34H30N6O2S/c1-3-39(4-2)23-40-29-18-12-11-17-28(29)31(33(40)41)36-34-35-30(24-13-7-5-8-14-24)32(43-34)38-37-25-19-21-27(22-20-25)42-26-15-9-6-10-16-26/h5-22H,3-4,23H2,1-2H3/b36-31+,38-37?. The molecular weight excluding hydrogens is 556 g/mol. The number of aromatic nitrogens is 1. The van der Waals surface area contributed by atoms with E-state index in [0.29, 0.717) is 39.6 Å². The van der Waals surface area contributed by atoms with Crippen molar-refractivity contribution in [3.8, 4) is 22.8 Å². The Kier molecular flexibility index (Phi) is 8.44. The summed E-state index contributed by atoms with van der Waals surface area (Å²) in [4.78, 5) is 27.3. The minimum Gasteiger partial charge on any atom is -0.457 e. The average molecular weight is 587 g/mol. The number of rotatable bonds is 10. The van der Waals surface area contributed by atoms with Crippen molar-refractivity contribution in [3.63, 3.8) is 0 Å².